The van der Waals surface area contributed by atoms with Gasteiger partial charge in [-0.2, -0.15) is 0 Å². The predicted molar refractivity (Wildman–Crippen MR) is 55.3 cm³/mol. The second-order valence-corrected chi connectivity index (χ2v) is 6.09. The summed E-state index contributed by atoms with van der Waals surface area (Å²) in [7, 11) is 1.66. The molecule has 0 aliphatic carbocycles. The third-order valence-electron chi connectivity index (χ3n) is 1.45. The summed E-state index contributed by atoms with van der Waals surface area (Å²) in [6, 6.07) is 3.56. The van der Waals surface area contributed by atoms with Crippen molar-refractivity contribution in [2.75, 3.05) is 5.75 Å². The fourth-order valence-corrected chi connectivity index (χ4v) is 1.98. The first-order valence-corrected chi connectivity index (χ1v) is 6.78. The van der Waals surface area contributed by atoms with Crippen LogP contribution in [0.5, 0.6) is 0 Å². The molecule has 0 radical (unpaired) electrons. The van der Waals surface area contributed by atoms with Gasteiger partial charge in [-0.25, -0.2) is 13.4 Å². The van der Waals surface area contributed by atoms with E-state index in [1.807, 2.05) is 0 Å². The number of pyridine rings is 1. The summed E-state index contributed by atoms with van der Waals surface area (Å²) in [5.41, 5.74) is 0.840. The molecule has 0 aliphatic heterocycles. The van der Waals surface area contributed by atoms with Gasteiger partial charge >= 0.3 is 0 Å². The predicted octanol–water partition coefficient (Wildman–Crippen LogP) is 1.96. The highest BCUT2D eigenvalue weighted by Gasteiger charge is 2.07. The SMILES string of the molecule is O=S(=O)(Cl)CCc1cccnc1Br. The molecule has 72 valence electrons. The Morgan fingerprint density at radius 3 is 2.77 bits per heavy atom. The van der Waals surface area contributed by atoms with E-state index in [9.17, 15) is 8.42 Å². The van der Waals surface area contributed by atoms with Crippen molar-refractivity contribution in [2.45, 2.75) is 6.42 Å². The summed E-state index contributed by atoms with van der Waals surface area (Å²) in [5.74, 6) is -0.0706. The minimum atomic E-state index is -3.42. The highest BCUT2D eigenvalue weighted by Crippen LogP contribution is 2.14. The zero-order chi connectivity index (χ0) is 9.90. The Bertz CT molecular complexity index is 393. The highest BCUT2D eigenvalue weighted by atomic mass is 79.9. The van der Waals surface area contributed by atoms with Gasteiger partial charge in [-0.15, -0.1) is 0 Å². The van der Waals surface area contributed by atoms with Crippen molar-refractivity contribution in [2.24, 2.45) is 0 Å². The molecule has 1 rings (SSSR count). The summed E-state index contributed by atoms with van der Waals surface area (Å²) in [4.78, 5) is 3.96. The summed E-state index contributed by atoms with van der Waals surface area (Å²) in [5, 5.41) is 0. The van der Waals surface area contributed by atoms with Gasteiger partial charge in [-0.3, -0.25) is 0 Å². The van der Waals surface area contributed by atoms with Crippen molar-refractivity contribution >= 4 is 35.7 Å². The van der Waals surface area contributed by atoms with E-state index < -0.39 is 9.05 Å². The summed E-state index contributed by atoms with van der Waals surface area (Å²) >= 11 is 3.21. The van der Waals surface area contributed by atoms with Crippen molar-refractivity contribution in [3.63, 3.8) is 0 Å². The van der Waals surface area contributed by atoms with E-state index in [-0.39, 0.29) is 5.75 Å². The van der Waals surface area contributed by atoms with Crippen molar-refractivity contribution in [3.05, 3.63) is 28.5 Å². The first-order valence-electron chi connectivity index (χ1n) is 3.51. The third kappa shape index (κ3) is 4.06. The van der Waals surface area contributed by atoms with E-state index >= 15 is 0 Å². The normalized spacial score (nSPS) is 11.5. The lowest BCUT2D eigenvalue weighted by atomic mass is 10.2. The van der Waals surface area contributed by atoms with E-state index in [4.69, 9.17) is 10.7 Å². The number of rotatable bonds is 3. The number of aromatic nitrogens is 1. The molecule has 0 atom stereocenters. The Balaban J connectivity index is 2.71. The minimum absolute atomic E-state index is 0.0706. The minimum Gasteiger partial charge on any atom is -0.249 e. The number of hydrogen-bond donors (Lipinski definition) is 0. The van der Waals surface area contributed by atoms with Gasteiger partial charge in [0.05, 0.1) is 5.75 Å². The molecule has 0 aromatic carbocycles. The average Bonchev–Trinajstić information content (AvgIpc) is 2.01. The zero-order valence-electron chi connectivity index (χ0n) is 6.57. The number of nitrogens with zero attached hydrogens (tertiary/aromatic N) is 1. The lowest BCUT2D eigenvalue weighted by Gasteiger charge is -2.00. The lowest BCUT2D eigenvalue weighted by Crippen LogP contribution is -2.01. The molecule has 0 aliphatic rings. The number of hydrogen-bond acceptors (Lipinski definition) is 3. The second-order valence-electron chi connectivity index (χ2n) is 2.45. The molecule has 13 heavy (non-hydrogen) atoms. The monoisotopic (exact) mass is 283 g/mol. The van der Waals surface area contributed by atoms with Crippen LogP contribution in [-0.2, 0) is 15.5 Å². The van der Waals surface area contributed by atoms with Crippen LogP contribution in [-0.4, -0.2) is 19.2 Å². The first-order chi connectivity index (χ1) is 5.99. The van der Waals surface area contributed by atoms with E-state index in [2.05, 4.69) is 20.9 Å². The van der Waals surface area contributed by atoms with Crippen LogP contribution in [0.4, 0.5) is 0 Å². The van der Waals surface area contributed by atoms with E-state index in [1.54, 1.807) is 18.3 Å². The van der Waals surface area contributed by atoms with Gasteiger partial charge in [0.15, 0.2) is 0 Å². The van der Waals surface area contributed by atoms with Crippen LogP contribution in [0, 0.1) is 0 Å². The second kappa shape index (κ2) is 4.39. The van der Waals surface area contributed by atoms with Crippen LogP contribution in [0.2, 0.25) is 0 Å². The maximum absolute atomic E-state index is 10.6. The molecule has 1 aromatic heterocycles. The molecule has 3 nitrogen and oxygen atoms in total. The van der Waals surface area contributed by atoms with Crippen molar-refractivity contribution < 1.29 is 8.42 Å². The maximum atomic E-state index is 10.6. The summed E-state index contributed by atoms with van der Waals surface area (Å²) in [6.07, 6.45) is 2.00. The van der Waals surface area contributed by atoms with Crippen LogP contribution in [0.3, 0.4) is 0 Å². The van der Waals surface area contributed by atoms with Crippen molar-refractivity contribution in [1.29, 1.82) is 0 Å². The van der Waals surface area contributed by atoms with Crippen molar-refractivity contribution in [1.82, 2.24) is 4.98 Å². The molecule has 0 amide bonds. The molecule has 0 unspecified atom stereocenters. The molecule has 1 heterocycles. The molecule has 6 heteroatoms. The molecular formula is C7H7BrClNO2S. The van der Waals surface area contributed by atoms with Crippen LogP contribution < -0.4 is 0 Å². The first kappa shape index (κ1) is 10.9. The van der Waals surface area contributed by atoms with Gasteiger partial charge < -0.3 is 0 Å². The number of halogens is 2. The zero-order valence-corrected chi connectivity index (χ0v) is 9.73. The third-order valence-corrected chi connectivity index (χ3v) is 3.32. The largest absolute Gasteiger partial charge is 0.249 e. The Morgan fingerprint density at radius 1 is 1.54 bits per heavy atom. The molecule has 0 fully saturated rings. The summed E-state index contributed by atoms with van der Waals surface area (Å²) in [6.45, 7) is 0. The van der Waals surface area contributed by atoms with Gasteiger partial charge in [0, 0.05) is 16.9 Å². The van der Waals surface area contributed by atoms with Gasteiger partial charge in [0.25, 0.3) is 0 Å². The molecule has 1 aromatic rings. The molecule has 0 N–H and O–H groups in total. The molecular weight excluding hydrogens is 278 g/mol. The average molecular weight is 285 g/mol. The number of aryl methyl sites for hydroxylation is 1. The van der Waals surface area contributed by atoms with E-state index in [0.717, 1.165) is 5.56 Å². The highest BCUT2D eigenvalue weighted by molar-refractivity contribution is 9.10. The van der Waals surface area contributed by atoms with Crippen LogP contribution >= 0.6 is 26.6 Å². The van der Waals surface area contributed by atoms with Gasteiger partial charge in [-0.1, -0.05) is 6.07 Å². The molecule has 0 bridgehead atoms. The van der Waals surface area contributed by atoms with Gasteiger partial charge in [0.1, 0.15) is 4.60 Å². The smallest absolute Gasteiger partial charge is 0.232 e. The Morgan fingerprint density at radius 2 is 2.23 bits per heavy atom. The van der Waals surface area contributed by atoms with E-state index in [0.29, 0.717) is 11.0 Å². The Hall–Kier alpha value is -0.130. The Labute approximate surface area is 89.7 Å². The molecule has 0 spiro atoms. The van der Waals surface area contributed by atoms with E-state index in [1.165, 1.54) is 0 Å². The van der Waals surface area contributed by atoms with Crippen molar-refractivity contribution in [3.8, 4) is 0 Å². The quantitative estimate of drug-likeness (QED) is 0.630. The fraction of sp³-hybridized carbons (Fsp3) is 0.286. The Kier molecular flexibility index (Phi) is 3.70. The topological polar surface area (TPSA) is 47.0 Å². The maximum Gasteiger partial charge on any atom is 0.232 e. The van der Waals surface area contributed by atoms with Crippen LogP contribution in [0.1, 0.15) is 5.56 Å². The molecule has 0 saturated heterocycles. The van der Waals surface area contributed by atoms with Crippen LogP contribution in [0.15, 0.2) is 22.9 Å². The summed E-state index contributed by atoms with van der Waals surface area (Å²) < 4.78 is 22.0. The van der Waals surface area contributed by atoms with Gasteiger partial charge in [0.2, 0.25) is 9.05 Å². The van der Waals surface area contributed by atoms with Crippen LogP contribution in [0.25, 0.3) is 0 Å². The standard InChI is InChI=1S/C7H7BrClNO2S/c8-7-6(2-1-4-10-7)3-5-13(9,11)12/h1-2,4H,3,5H2. The lowest BCUT2D eigenvalue weighted by molar-refractivity contribution is 0.609. The van der Waals surface area contributed by atoms with Gasteiger partial charge in [-0.05, 0) is 34.0 Å². The molecule has 0 saturated carbocycles. The fourth-order valence-electron chi connectivity index (χ4n) is 0.838.